The van der Waals surface area contributed by atoms with E-state index >= 15 is 0 Å². The lowest BCUT2D eigenvalue weighted by molar-refractivity contribution is -0.140. The van der Waals surface area contributed by atoms with Crippen LogP contribution in [-0.4, -0.2) is 44.6 Å². The number of hydrogen-bond donors (Lipinski definition) is 3. The van der Waals surface area contributed by atoms with Crippen LogP contribution < -0.4 is 5.32 Å². The Balaban J connectivity index is 1.56. The second-order valence-electron chi connectivity index (χ2n) is 5.49. The van der Waals surface area contributed by atoms with Crippen LogP contribution in [0.5, 0.6) is 0 Å². The van der Waals surface area contributed by atoms with Crippen LogP contribution in [0.3, 0.4) is 0 Å². The number of amides is 1. The summed E-state index contributed by atoms with van der Waals surface area (Å²) in [5.74, 6) is 1.67. The first-order chi connectivity index (χ1) is 10.6. The van der Waals surface area contributed by atoms with E-state index in [1.54, 1.807) is 17.8 Å². The molecule has 3 N–H and O–H groups in total. The predicted octanol–water partition coefficient (Wildman–Crippen LogP) is 1.62. The zero-order valence-corrected chi connectivity index (χ0v) is 12.9. The van der Waals surface area contributed by atoms with Gasteiger partial charge in [0.25, 0.3) is 5.91 Å². The van der Waals surface area contributed by atoms with Gasteiger partial charge in [-0.3, -0.25) is 4.79 Å². The molecule has 1 aromatic heterocycles. The molecule has 3 rings (SSSR count). The minimum Gasteiger partial charge on any atom is -0.380 e. The van der Waals surface area contributed by atoms with Crippen molar-refractivity contribution in [1.82, 2.24) is 15.3 Å². The van der Waals surface area contributed by atoms with Crippen LogP contribution in [0, 0.1) is 5.82 Å². The molecule has 1 fully saturated rings. The van der Waals surface area contributed by atoms with Crippen molar-refractivity contribution >= 4 is 28.7 Å². The molecule has 0 spiro atoms. The van der Waals surface area contributed by atoms with Crippen molar-refractivity contribution in [1.29, 1.82) is 0 Å². The van der Waals surface area contributed by atoms with Crippen molar-refractivity contribution in [2.75, 3.05) is 18.1 Å². The third-order valence-electron chi connectivity index (χ3n) is 3.88. The molecule has 0 radical (unpaired) electrons. The highest BCUT2D eigenvalue weighted by Gasteiger charge is 2.36. The van der Waals surface area contributed by atoms with Gasteiger partial charge in [0.1, 0.15) is 17.2 Å². The van der Waals surface area contributed by atoms with E-state index in [2.05, 4.69) is 15.3 Å². The summed E-state index contributed by atoms with van der Waals surface area (Å²) >= 11 is 1.75. The Morgan fingerprint density at radius 1 is 1.45 bits per heavy atom. The normalized spacial score (nSPS) is 17.5. The van der Waals surface area contributed by atoms with Gasteiger partial charge in [-0.05, 0) is 42.5 Å². The number of nitrogens with zero attached hydrogens (tertiary/aromatic N) is 1. The summed E-state index contributed by atoms with van der Waals surface area (Å²) in [6.07, 6.45) is 1.49. The summed E-state index contributed by atoms with van der Waals surface area (Å²) in [7, 11) is 0. The number of H-pyrrole nitrogens is 1. The van der Waals surface area contributed by atoms with E-state index in [1.807, 2.05) is 0 Å². The fourth-order valence-corrected chi connectivity index (χ4v) is 3.72. The lowest BCUT2D eigenvalue weighted by Crippen LogP contribution is -2.49. The molecule has 1 saturated heterocycles. The summed E-state index contributed by atoms with van der Waals surface area (Å²) in [4.78, 5) is 19.4. The van der Waals surface area contributed by atoms with Crippen molar-refractivity contribution < 1.29 is 14.3 Å². The van der Waals surface area contributed by atoms with Crippen molar-refractivity contribution in [3.63, 3.8) is 0 Å². The number of fused-ring (bicyclic) bond motifs is 1. The monoisotopic (exact) mass is 323 g/mol. The van der Waals surface area contributed by atoms with Gasteiger partial charge in [-0.2, -0.15) is 11.8 Å². The molecular weight excluding hydrogens is 305 g/mol. The number of hydrogen-bond acceptors (Lipinski definition) is 4. The number of nitrogens with one attached hydrogen (secondary N) is 2. The molecular formula is C15H18FN3O2S. The predicted molar refractivity (Wildman–Crippen MR) is 84.3 cm³/mol. The Labute approximate surface area is 131 Å². The quantitative estimate of drug-likeness (QED) is 0.799. The van der Waals surface area contributed by atoms with E-state index in [0.717, 1.165) is 11.5 Å². The van der Waals surface area contributed by atoms with E-state index in [9.17, 15) is 14.3 Å². The summed E-state index contributed by atoms with van der Waals surface area (Å²) in [6.45, 7) is 0.386. The number of benzene rings is 1. The maximum absolute atomic E-state index is 13.1. The van der Waals surface area contributed by atoms with Crippen molar-refractivity contribution in [2.24, 2.45) is 0 Å². The molecule has 2 heterocycles. The van der Waals surface area contributed by atoms with Gasteiger partial charge < -0.3 is 15.4 Å². The van der Waals surface area contributed by atoms with Gasteiger partial charge >= 0.3 is 0 Å². The smallest absolute Gasteiger partial charge is 0.252 e. The van der Waals surface area contributed by atoms with E-state index in [1.165, 1.54) is 12.1 Å². The fraction of sp³-hybridized carbons (Fsp3) is 0.467. The van der Waals surface area contributed by atoms with Crippen LogP contribution in [0.15, 0.2) is 18.2 Å². The number of rotatable bonds is 4. The average molecular weight is 323 g/mol. The summed E-state index contributed by atoms with van der Waals surface area (Å²) in [5.41, 5.74) is 0.109. The number of aliphatic hydroxyl groups is 1. The zero-order chi connectivity index (χ0) is 15.6. The van der Waals surface area contributed by atoms with Crippen LogP contribution in [0.25, 0.3) is 11.0 Å². The lowest BCUT2D eigenvalue weighted by atomic mass is 9.96. The van der Waals surface area contributed by atoms with Gasteiger partial charge in [0, 0.05) is 13.0 Å². The zero-order valence-electron chi connectivity index (χ0n) is 12.1. The second kappa shape index (κ2) is 6.26. The summed E-state index contributed by atoms with van der Waals surface area (Å²) in [6, 6.07) is 4.38. The molecule has 22 heavy (non-hydrogen) atoms. The molecule has 0 aliphatic carbocycles. The molecule has 2 aromatic rings. The third kappa shape index (κ3) is 3.25. The van der Waals surface area contributed by atoms with Gasteiger partial charge in [0.05, 0.1) is 11.0 Å². The van der Waals surface area contributed by atoms with Crippen LogP contribution in [-0.2, 0) is 11.2 Å². The SMILES string of the molecule is O=C(NCCc1nc2ccc(F)cc2[nH]1)C1(O)CCSCC1. The first-order valence-electron chi connectivity index (χ1n) is 7.29. The van der Waals surface area contributed by atoms with Gasteiger partial charge in [-0.1, -0.05) is 0 Å². The Hall–Kier alpha value is -1.60. The fourth-order valence-electron chi connectivity index (χ4n) is 2.55. The first-order valence-corrected chi connectivity index (χ1v) is 8.45. The number of carbonyl (C=O) groups excluding carboxylic acids is 1. The summed E-state index contributed by atoms with van der Waals surface area (Å²) in [5, 5.41) is 13.1. The van der Waals surface area contributed by atoms with E-state index in [0.29, 0.717) is 42.7 Å². The molecule has 1 aliphatic heterocycles. The Morgan fingerprint density at radius 3 is 3.00 bits per heavy atom. The van der Waals surface area contributed by atoms with Crippen LogP contribution in [0.1, 0.15) is 18.7 Å². The van der Waals surface area contributed by atoms with E-state index in [-0.39, 0.29) is 11.7 Å². The molecule has 5 nitrogen and oxygen atoms in total. The molecule has 1 aliphatic rings. The molecule has 7 heteroatoms. The van der Waals surface area contributed by atoms with Crippen LogP contribution in [0.4, 0.5) is 4.39 Å². The van der Waals surface area contributed by atoms with E-state index in [4.69, 9.17) is 0 Å². The standard InChI is InChI=1S/C15H18FN3O2S/c16-10-1-2-11-12(9-10)19-13(18-11)3-6-17-14(20)15(21)4-7-22-8-5-15/h1-2,9,21H,3-8H2,(H,17,20)(H,18,19). The van der Waals surface area contributed by atoms with Crippen LogP contribution >= 0.6 is 11.8 Å². The first kappa shape index (κ1) is 15.3. The molecule has 0 saturated carbocycles. The molecule has 1 aromatic carbocycles. The second-order valence-corrected chi connectivity index (χ2v) is 6.72. The largest absolute Gasteiger partial charge is 0.380 e. The third-order valence-corrected chi connectivity index (χ3v) is 4.87. The van der Waals surface area contributed by atoms with Gasteiger partial charge in [0.15, 0.2) is 0 Å². The summed E-state index contributed by atoms with van der Waals surface area (Å²) < 4.78 is 13.1. The van der Waals surface area contributed by atoms with Gasteiger partial charge in [0.2, 0.25) is 0 Å². The maximum atomic E-state index is 13.1. The molecule has 1 amide bonds. The minimum absolute atomic E-state index is 0.310. The minimum atomic E-state index is -1.23. The van der Waals surface area contributed by atoms with E-state index < -0.39 is 5.60 Å². The number of aromatic nitrogens is 2. The van der Waals surface area contributed by atoms with Crippen molar-refractivity contribution in [2.45, 2.75) is 24.9 Å². The highest BCUT2D eigenvalue weighted by molar-refractivity contribution is 7.99. The van der Waals surface area contributed by atoms with Crippen molar-refractivity contribution in [3.05, 3.63) is 29.8 Å². The molecule has 0 unspecified atom stereocenters. The Morgan fingerprint density at radius 2 is 2.23 bits per heavy atom. The highest BCUT2D eigenvalue weighted by atomic mass is 32.2. The number of thioether (sulfide) groups is 1. The number of halogens is 1. The van der Waals surface area contributed by atoms with Crippen molar-refractivity contribution in [3.8, 4) is 0 Å². The van der Waals surface area contributed by atoms with Crippen LogP contribution in [0.2, 0.25) is 0 Å². The number of aromatic amines is 1. The Bertz CT molecular complexity index is 682. The Kier molecular flexibility index (Phi) is 4.35. The molecule has 118 valence electrons. The molecule has 0 bridgehead atoms. The molecule has 0 atom stereocenters. The van der Waals surface area contributed by atoms with Gasteiger partial charge in [-0.15, -0.1) is 0 Å². The highest BCUT2D eigenvalue weighted by Crippen LogP contribution is 2.26. The maximum Gasteiger partial charge on any atom is 0.252 e. The number of carbonyl (C=O) groups is 1. The lowest BCUT2D eigenvalue weighted by Gasteiger charge is -2.30. The average Bonchev–Trinajstić information content (AvgIpc) is 2.89. The topological polar surface area (TPSA) is 78.0 Å². The van der Waals surface area contributed by atoms with Gasteiger partial charge in [-0.25, -0.2) is 9.37 Å². The number of imidazole rings is 1.